The number of carbonyl (C=O) groups excluding carboxylic acids is 1. The second kappa shape index (κ2) is 8.58. The van der Waals surface area contributed by atoms with Gasteiger partial charge in [0.05, 0.1) is 18.8 Å². The van der Waals surface area contributed by atoms with E-state index in [9.17, 15) is 4.79 Å². The normalized spacial score (nSPS) is 10.4. The Bertz CT molecular complexity index is 642. The summed E-state index contributed by atoms with van der Waals surface area (Å²) in [6.45, 7) is 5.12. The molecular weight excluding hydrogens is 356 g/mol. The van der Waals surface area contributed by atoms with Crippen molar-refractivity contribution >= 4 is 33.2 Å². The highest BCUT2D eigenvalue weighted by molar-refractivity contribution is 9.10. The van der Waals surface area contributed by atoms with Crippen LogP contribution in [0.15, 0.2) is 53.0 Å². The van der Waals surface area contributed by atoms with Crippen LogP contribution in [-0.2, 0) is 4.79 Å². The second-order valence-corrected chi connectivity index (χ2v) is 6.47. The van der Waals surface area contributed by atoms with Crippen molar-refractivity contribution in [2.75, 3.05) is 23.8 Å². The lowest BCUT2D eigenvalue weighted by atomic mass is 10.2. The highest BCUT2D eigenvalue weighted by atomic mass is 79.9. The third kappa shape index (κ3) is 5.94. The van der Waals surface area contributed by atoms with E-state index in [4.69, 9.17) is 4.74 Å². The molecule has 0 saturated heterocycles. The standard InChI is InChI=1S/C18H21BrN2O2/c1-13(2)12-23-15-9-7-14(8-10-15)20-11-18(22)21-17-6-4-3-5-16(17)19/h3-10,13,20H,11-12H2,1-2H3,(H,21,22). The number of rotatable bonds is 7. The van der Waals surface area contributed by atoms with E-state index in [-0.39, 0.29) is 12.5 Å². The molecule has 0 unspecified atom stereocenters. The number of benzene rings is 2. The van der Waals surface area contributed by atoms with Crippen molar-refractivity contribution < 1.29 is 9.53 Å². The molecule has 0 spiro atoms. The van der Waals surface area contributed by atoms with E-state index in [1.165, 1.54) is 0 Å². The molecule has 0 aromatic heterocycles. The third-order valence-corrected chi connectivity index (χ3v) is 3.73. The molecule has 2 aromatic rings. The Kier molecular flexibility index (Phi) is 6.47. The first kappa shape index (κ1) is 17.3. The summed E-state index contributed by atoms with van der Waals surface area (Å²) in [5.74, 6) is 1.23. The van der Waals surface area contributed by atoms with E-state index in [1.54, 1.807) is 0 Å². The van der Waals surface area contributed by atoms with E-state index < -0.39 is 0 Å². The van der Waals surface area contributed by atoms with Crippen molar-refractivity contribution in [3.05, 3.63) is 53.0 Å². The molecule has 0 atom stereocenters. The first-order valence-electron chi connectivity index (χ1n) is 7.55. The van der Waals surface area contributed by atoms with Gasteiger partial charge in [-0.25, -0.2) is 0 Å². The van der Waals surface area contributed by atoms with Gasteiger partial charge in [0.15, 0.2) is 0 Å². The predicted molar refractivity (Wildman–Crippen MR) is 98.0 cm³/mol. The first-order chi connectivity index (χ1) is 11.0. The molecule has 122 valence electrons. The largest absolute Gasteiger partial charge is 0.493 e. The number of ether oxygens (including phenoxy) is 1. The number of para-hydroxylation sites is 1. The average molecular weight is 377 g/mol. The Morgan fingerprint density at radius 2 is 1.83 bits per heavy atom. The van der Waals surface area contributed by atoms with Crippen LogP contribution in [0.4, 0.5) is 11.4 Å². The van der Waals surface area contributed by atoms with Gasteiger partial charge in [-0.05, 0) is 58.2 Å². The lowest BCUT2D eigenvalue weighted by Gasteiger charge is -2.11. The minimum absolute atomic E-state index is 0.1000. The summed E-state index contributed by atoms with van der Waals surface area (Å²) in [5, 5.41) is 5.94. The molecule has 0 heterocycles. The van der Waals surface area contributed by atoms with E-state index in [2.05, 4.69) is 40.4 Å². The molecule has 0 bridgehead atoms. The molecule has 0 aliphatic heterocycles. The second-order valence-electron chi connectivity index (χ2n) is 5.61. The smallest absolute Gasteiger partial charge is 0.243 e. The summed E-state index contributed by atoms with van der Waals surface area (Å²) < 4.78 is 6.49. The Morgan fingerprint density at radius 3 is 2.48 bits per heavy atom. The van der Waals surface area contributed by atoms with Crippen molar-refractivity contribution in [3.63, 3.8) is 0 Å². The van der Waals surface area contributed by atoms with Gasteiger partial charge in [0.1, 0.15) is 5.75 Å². The molecule has 2 aromatic carbocycles. The summed E-state index contributed by atoms with van der Waals surface area (Å²) >= 11 is 3.40. The van der Waals surface area contributed by atoms with Crippen LogP contribution in [0.25, 0.3) is 0 Å². The zero-order valence-electron chi connectivity index (χ0n) is 13.3. The van der Waals surface area contributed by atoms with Crippen LogP contribution in [0.1, 0.15) is 13.8 Å². The van der Waals surface area contributed by atoms with E-state index in [1.807, 2.05) is 48.5 Å². The summed E-state index contributed by atoms with van der Waals surface area (Å²) in [6.07, 6.45) is 0. The Morgan fingerprint density at radius 1 is 1.13 bits per heavy atom. The van der Waals surface area contributed by atoms with Crippen molar-refractivity contribution in [2.24, 2.45) is 5.92 Å². The number of carbonyl (C=O) groups is 1. The number of nitrogens with one attached hydrogen (secondary N) is 2. The van der Waals surface area contributed by atoms with Crippen molar-refractivity contribution in [1.82, 2.24) is 0 Å². The van der Waals surface area contributed by atoms with Crippen molar-refractivity contribution in [1.29, 1.82) is 0 Å². The molecule has 0 fully saturated rings. The summed E-state index contributed by atoms with van der Waals surface area (Å²) in [6, 6.07) is 15.1. The van der Waals surface area contributed by atoms with E-state index >= 15 is 0 Å². The average Bonchev–Trinajstić information content (AvgIpc) is 2.54. The van der Waals surface area contributed by atoms with Gasteiger partial charge in [0, 0.05) is 10.2 Å². The summed E-state index contributed by atoms with van der Waals surface area (Å²) in [4.78, 5) is 12.0. The molecule has 0 radical (unpaired) electrons. The maximum absolute atomic E-state index is 12.0. The molecule has 0 aliphatic rings. The summed E-state index contributed by atoms with van der Waals surface area (Å²) in [7, 11) is 0. The van der Waals surface area contributed by atoms with Gasteiger partial charge < -0.3 is 15.4 Å². The fourth-order valence-electron chi connectivity index (χ4n) is 1.87. The first-order valence-corrected chi connectivity index (χ1v) is 8.35. The summed E-state index contributed by atoms with van der Waals surface area (Å²) in [5.41, 5.74) is 1.64. The number of hydrogen-bond acceptors (Lipinski definition) is 3. The molecule has 5 heteroatoms. The fraction of sp³-hybridized carbons (Fsp3) is 0.278. The van der Waals surface area contributed by atoms with Crippen LogP contribution in [0.5, 0.6) is 5.75 Å². The molecule has 23 heavy (non-hydrogen) atoms. The van der Waals surface area contributed by atoms with Gasteiger partial charge >= 0.3 is 0 Å². The fourth-order valence-corrected chi connectivity index (χ4v) is 2.26. The molecular formula is C18H21BrN2O2. The monoisotopic (exact) mass is 376 g/mol. The Hall–Kier alpha value is -2.01. The highest BCUT2D eigenvalue weighted by Crippen LogP contribution is 2.21. The van der Waals surface area contributed by atoms with Gasteiger partial charge in [-0.3, -0.25) is 4.79 Å². The molecule has 1 amide bonds. The third-order valence-electron chi connectivity index (χ3n) is 3.04. The number of amides is 1. The molecule has 4 nitrogen and oxygen atoms in total. The Balaban J connectivity index is 1.81. The van der Waals surface area contributed by atoms with Crippen molar-refractivity contribution in [3.8, 4) is 5.75 Å². The molecule has 2 rings (SSSR count). The Labute approximate surface area is 145 Å². The van der Waals surface area contributed by atoms with Crippen LogP contribution < -0.4 is 15.4 Å². The maximum atomic E-state index is 12.0. The van der Waals surface area contributed by atoms with Crippen LogP contribution in [-0.4, -0.2) is 19.1 Å². The SMILES string of the molecule is CC(C)COc1ccc(NCC(=O)Nc2ccccc2Br)cc1. The minimum atomic E-state index is -0.1000. The van der Waals surface area contributed by atoms with Crippen LogP contribution in [0.3, 0.4) is 0 Å². The zero-order chi connectivity index (χ0) is 16.7. The highest BCUT2D eigenvalue weighted by Gasteiger charge is 2.05. The number of halogens is 1. The topological polar surface area (TPSA) is 50.4 Å². The molecule has 0 aliphatic carbocycles. The zero-order valence-corrected chi connectivity index (χ0v) is 14.9. The van der Waals surface area contributed by atoms with E-state index in [0.717, 1.165) is 21.6 Å². The predicted octanol–water partition coefficient (Wildman–Crippen LogP) is 4.53. The lowest BCUT2D eigenvalue weighted by Crippen LogP contribution is -2.21. The van der Waals surface area contributed by atoms with Crippen LogP contribution in [0.2, 0.25) is 0 Å². The van der Waals surface area contributed by atoms with Gasteiger partial charge in [-0.2, -0.15) is 0 Å². The maximum Gasteiger partial charge on any atom is 0.243 e. The van der Waals surface area contributed by atoms with Gasteiger partial charge in [-0.15, -0.1) is 0 Å². The lowest BCUT2D eigenvalue weighted by molar-refractivity contribution is -0.114. The van der Waals surface area contributed by atoms with Crippen LogP contribution >= 0.6 is 15.9 Å². The van der Waals surface area contributed by atoms with Gasteiger partial charge in [0.2, 0.25) is 5.91 Å². The minimum Gasteiger partial charge on any atom is -0.493 e. The molecule has 2 N–H and O–H groups in total. The quantitative estimate of drug-likeness (QED) is 0.745. The van der Waals surface area contributed by atoms with E-state index in [0.29, 0.717) is 12.5 Å². The number of hydrogen-bond donors (Lipinski definition) is 2. The number of anilines is 2. The van der Waals surface area contributed by atoms with Gasteiger partial charge in [-0.1, -0.05) is 26.0 Å². The van der Waals surface area contributed by atoms with Gasteiger partial charge in [0.25, 0.3) is 0 Å². The van der Waals surface area contributed by atoms with Crippen LogP contribution in [0, 0.1) is 5.92 Å². The molecule has 0 saturated carbocycles. The van der Waals surface area contributed by atoms with Crippen molar-refractivity contribution in [2.45, 2.75) is 13.8 Å².